The van der Waals surface area contributed by atoms with Crippen LogP contribution < -0.4 is 0 Å². The van der Waals surface area contributed by atoms with Gasteiger partial charge >= 0.3 is 5.97 Å². The summed E-state index contributed by atoms with van der Waals surface area (Å²) >= 11 is 0. The molecule has 0 saturated carbocycles. The highest BCUT2D eigenvalue weighted by molar-refractivity contribution is 6.74. The van der Waals surface area contributed by atoms with Gasteiger partial charge in [-0.2, -0.15) is 0 Å². The molecule has 0 spiro atoms. The molecule has 4 nitrogen and oxygen atoms in total. The summed E-state index contributed by atoms with van der Waals surface area (Å²) in [6, 6.07) is 0. The number of hydrogen-bond donors (Lipinski definition) is 1. The summed E-state index contributed by atoms with van der Waals surface area (Å²) in [5, 5.41) is 9.46. The molecule has 20 heavy (non-hydrogen) atoms. The molecule has 114 valence electrons. The van der Waals surface area contributed by atoms with Crippen molar-refractivity contribution >= 4 is 14.3 Å². The van der Waals surface area contributed by atoms with E-state index in [-0.39, 0.29) is 29.5 Å². The Morgan fingerprint density at radius 3 is 2.65 bits per heavy atom. The normalized spacial score (nSPS) is 34.0. The monoisotopic (exact) mass is 298 g/mol. The van der Waals surface area contributed by atoms with Gasteiger partial charge in [0.1, 0.15) is 6.61 Å². The van der Waals surface area contributed by atoms with Gasteiger partial charge in [0.2, 0.25) is 0 Å². The Bertz CT molecular complexity index is 424. The molecule has 0 aromatic rings. The average molecular weight is 298 g/mol. The Hall–Kier alpha value is -0.653. The van der Waals surface area contributed by atoms with Crippen molar-refractivity contribution in [3.63, 3.8) is 0 Å². The molecule has 0 bridgehead atoms. The molecule has 1 aliphatic heterocycles. The maximum atomic E-state index is 12.4. The molecule has 1 aliphatic carbocycles. The van der Waals surface area contributed by atoms with E-state index in [0.717, 1.165) is 0 Å². The molecule has 0 unspecified atom stereocenters. The largest absolute Gasteiger partial charge is 0.463 e. The highest BCUT2D eigenvalue weighted by Gasteiger charge is 2.58. The first-order valence-electron chi connectivity index (χ1n) is 7.29. The van der Waals surface area contributed by atoms with Crippen molar-refractivity contribution in [3.8, 4) is 0 Å². The maximum Gasteiger partial charge on any atom is 0.338 e. The number of fused-ring (bicyclic) bond motifs is 1. The fourth-order valence-electron chi connectivity index (χ4n) is 2.66. The number of aliphatic hydroxyl groups is 1. The van der Waals surface area contributed by atoms with E-state index in [9.17, 15) is 9.90 Å². The number of esters is 1. The van der Waals surface area contributed by atoms with Crippen LogP contribution in [-0.2, 0) is 14.0 Å². The smallest absolute Gasteiger partial charge is 0.338 e. The molecule has 2 aliphatic rings. The second-order valence-electron chi connectivity index (χ2n) is 7.49. The predicted octanol–water partition coefficient (Wildman–Crippen LogP) is 2.49. The molecule has 1 fully saturated rings. The number of cyclic esters (lactones) is 1. The Morgan fingerprint density at radius 2 is 2.10 bits per heavy atom. The summed E-state index contributed by atoms with van der Waals surface area (Å²) in [5.41, 5.74) is -0.884. The van der Waals surface area contributed by atoms with Crippen LogP contribution in [0.5, 0.6) is 0 Å². The van der Waals surface area contributed by atoms with Crippen molar-refractivity contribution in [1.82, 2.24) is 0 Å². The first kappa shape index (κ1) is 15.7. The lowest BCUT2D eigenvalue weighted by molar-refractivity contribution is -0.154. The minimum Gasteiger partial charge on any atom is -0.463 e. The van der Waals surface area contributed by atoms with Gasteiger partial charge in [-0.15, -0.1) is 0 Å². The maximum absolute atomic E-state index is 12.4. The van der Waals surface area contributed by atoms with Gasteiger partial charge in [-0.3, -0.25) is 0 Å². The number of ether oxygens (including phenoxy) is 1. The third-order valence-corrected chi connectivity index (χ3v) is 9.48. The second kappa shape index (κ2) is 4.96. The van der Waals surface area contributed by atoms with Gasteiger partial charge in [-0.05, 0) is 24.6 Å². The number of rotatable bonds is 3. The molecular weight excluding hydrogens is 272 g/mol. The van der Waals surface area contributed by atoms with Gasteiger partial charge in [0, 0.05) is 12.5 Å². The molecular formula is C15H26O4Si. The number of carbonyl (C=O) groups excluding carboxylic acids is 1. The number of hydrogen-bond acceptors (Lipinski definition) is 4. The summed E-state index contributed by atoms with van der Waals surface area (Å²) < 4.78 is 11.8. The van der Waals surface area contributed by atoms with Gasteiger partial charge < -0.3 is 14.3 Å². The average Bonchev–Trinajstić information content (AvgIpc) is 2.64. The lowest BCUT2D eigenvalue weighted by Gasteiger charge is -2.45. The lowest BCUT2D eigenvalue weighted by Crippen LogP contribution is -2.56. The van der Waals surface area contributed by atoms with Gasteiger partial charge in [0.25, 0.3) is 0 Å². The third-order valence-electron chi connectivity index (χ3n) is 5.00. The first-order valence-corrected chi connectivity index (χ1v) is 10.2. The van der Waals surface area contributed by atoms with Crippen molar-refractivity contribution in [3.05, 3.63) is 12.2 Å². The molecule has 2 rings (SSSR count). The summed E-state index contributed by atoms with van der Waals surface area (Å²) in [6.45, 7) is 11.2. The van der Waals surface area contributed by atoms with E-state index >= 15 is 0 Å². The fraction of sp³-hybridized carbons (Fsp3) is 0.800. The van der Waals surface area contributed by atoms with Crippen LogP contribution in [0.3, 0.4) is 0 Å². The minimum absolute atomic E-state index is 0.0214. The van der Waals surface area contributed by atoms with Gasteiger partial charge in [0.05, 0.1) is 5.92 Å². The van der Waals surface area contributed by atoms with E-state index in [1.54, 1.807) is 0 Å². The van der Waals surface area contributed by atoms with Crippen LogP contribution in [0.4, 0.5) is 0 Å². The molecule has 0 aromatic heterocycles. The lowest BCUT2D eigenvalue weighted by atomic mass is 9.77. The van der Waals surface area contributed by atoms with Crippen molar-refractivity contribution < 1.29 is 19.1 Å². The third kappa shape index (κ3) is 2.47. The van der Waals surface area contributed by atoms with E-state index in [4.69, 9.17) is 9.16 Å². The highest BCUT2D eigenvalue weighted by Crippen LogP contribution is 2.47. The molecule has 1 heterocycles. The Morgan fingerprint density at radius 1 is 1.45 bits per heavy atom. The van der Waals surface area contributed by atoms with Crippen molar-refractivity contribution in [2.45, 2.75) is 50.9 Å². The standard InChI is InChI=1S/C15H26O4Si/c1-14(2,3)20(4,5)19-15-8-11(9-16)6-7-12(15)10-18-13(15)17/h6-7,11-12,16H,8-10H2,1-5H3/t11-,12-,15+/m0/s1. The van der Waals surface area contributed by atoms with Crippen LogP contribution in [-0.4, -0.2) is 38.2 Å². The molecule has 0 radical (unpaired) electrons. The zero-order valence-electron chi connectivity index (χ0n) is 13.1. The Kier molecular flexibility index (Phi) is 3.90. The highest BCUT2D eigenvalue weighted by atomic mass is 28.4. The predicted molar refractivity (Wildman–Crippen MR) is 79.8 cm³/mol. The zero-order valence-corrected chi connectivity index (χ0v) is 14.1. The van der Waals surface area contributed by atoms with Crippen LogP contribution in [0.15, 0.2) is 12.2 Å². The van der Waals surface area contributed by atoms with E-state index in [1.807, 2.05) is 12.2 Å². The van der Waals surface area contributed by atoms with Crippen molar-refractivity contribution in [2.75, 3.05) is 13.2 Å². The van der Waals surface area contributed by atoms with E-state index < -0.39 is 13.9 Å². The van der Waals surface area contributed by atoms with E-state index in [0.29, 0.717) is 13.0 Å². The molecule has 1 N–H and O–H groups in total. The van der Waals surface area contributed by atoms with E-state index in [1.165, 1.54) is 0 Å². The van der Waals surface area contributed by atoms with Crippen LogP contribution in [0.2, 0.25) is 18.1 Å². The molecule has 1 saturated heterocycles. The van der Waals surface area contributed by atoms with Crippen LogP contribution >= 0.6 is 0 Å². The molecule has 3 atom stereocenters. The van der Waals surface area contributed by atoms with Crippen LogP contribution in [0, 0.1) is 11.8 Å². The van der Waals surface area contributed by atoms with Gasteiger partial charge in [-0.1, -0.05) is 32.9 Å². The van der Waals surface area contributed by atoms with Crippen molar-refractivity contribution in [1.29, 1.82) is 0 Å². The molecule has 5 heteroatoms. The van der Waals surface area contributed by atoms with Gasteiger partial charge in [0.15, 0.2) is 13.9 Å². The molecule has 0 aromatic carbocycles. The second-order valence-corrected chi connectivity index (χ2v) is 12.2. The fourth-order valence-corrected chi connectivity index (χ4v) is 4.20. The summed E-state index contributed by atoms with van der Waals surface area (Å²) in [5.74, 6) is -0.302. The van der Waals surface area contributed by atoms with Crippen molar-refractivity contribution in [2.24, 2.45) is 11.8 Å². The van der Waals surface area contributed by atoms with E-state index in [2.05, 4.69) is 33.9 Å². The number of aliphatic hydroxyl groups excluding tert-OH is 1. The summed E-state index contributed by atoms with van der Waals surface area (Å²) in [4.78, 5) is 12.4. The summed E-state index contributed by atoms with van der Waals surface area (Å²) in [6.07, 6.45) is 4.50. The topological polar surface area (TPSA) is 55.8 Å². The quantitative estimate of drug-likeness (QED) is 0.494. The van der Waals surface area contributed by atoms with Gasteiger partial charge in [-0.25, -0.2) is 4.79 Å². The first-order chi connectivity index (χ1) is 9.12. The molecule has 0 amide bonds. The van der Waals surface area contributed by atoms with Crippen LogP contribution in [0.1, 0.15) is 27.2 Å². The SMILES string of the molecule is CC(C)(C)[Si](C)(C)O[C@]12C[C@@H](CO)C=C[C@H]1COC2=O. The zero-order chi connectivity index (χ0) is 15.2. The minimum atomic E-state index is -2.09. The Balaban J connectivity index is 2.34. The Labute approximate surface area is 122 Å². The van der Waals surface area contributed by atoms with Crippen LogP contribution in [0.25, 0.3) is 0 Å². The summed E-state index contributed by atoms with van der Waals surface area (Å²) in [7, 11) is -2.09. The number of carbonyl (C=O) groups is 1.